The van der Waals surface area contributed by atoms with E-state index in [0.29, 0.717) is 11.4 Å². The number of nitrogens with one attached hydrogen (secondary N) is 1. The zero-order chi connectivity index (χ0) is 13.1. The van der Waals surface area contributed by atoms with Crippen molar-refractivity contribution in [2.45, 2.75) is 25.7 Å². The van der Waals surface area contributed by atoms with Gasteiger partial charge < -0.3 is 5.32 Å². The number of carbonyl (C=O) groups is 1. The number of aryl methyl sites for hydroxylation is 1. The van der Waals surface area contributed by atoms with E-state index >= 15 is 0 Å². The molecule has 0 aliphatic heterocycles. The van der Waals surface area contributed by atoms with Gasteiger partial charge in [0.1, 0.15) is 12.1 Å². The molecule has 1 amide bonds. The lowest BCUT2D eigenvalue weighted by Gasteiger charge is -2.17. The second-order valence-corrected chi connectivity index (χ2v) is 4.67. The molecular weight excluding hydrogens is 238 g/mol. The first kappa shape index (κ1) is 11.8. The quantitative estimate of drug-likeness (QED) is 0.895. The Bertz CT molecular complexity index is 596. The van der Waals surface area contributed by atoms with Gasteiger partial charge in [0.05, 0.1) is 0 Å². The van der Waals surface area contributed by atoms with Crippen LogP contribution in [0.5, 0.6) is 0 Å². The van der Waals surface area contributed by atoms with Crippen molar-refractivity contribution in [3.8, 4) is 0 Å². The Morgan fingerprint density at radius 2 is 1.84 bits per heavy atom. The SMILES string of the molecule is O=C(Nc1ncnc2c1CCCC2)c1ccccc1. The van der Waals surface area contributed by atoms with Gasteiger partial charge in [-0.2, -0.15) is 0 Å². The molecule has 19 heavy (non-hydrogen) atoms. The molecule has 1 heterocycles. The maximum absolute atomic E-state index is 12.1. The van der Waals surface area contributed by atoms with Gasteiger partial charge in [0.15, 0.2) is 0 Å². The Labute approximate surface area is 111 Å². The zero-order valence-corrected chi connectivity index (χ0v) is 10.6. The molecule has 1 N–H and O–H groups in total. The number of aromatic nitrogens is 2. The highest BCUT2D eigenvalue weighted by molar-refractivity contribution is 6.04. The lowest BCUT2D eigenvalue weighted by molar-refractivity contribution is 0.102. The number of hydrogen-bond acceptors (Lipinski definition) is 3. The summed E-state index contributed by atoms with van der Waals surface area (Å²) in [5, 5.41) is 2.90. The molecule has 1 aliphatic carbocycles. The van der Waals surface area contributed by atoms with E-state index in [1.807, 2.05) is 18.2 Å². The molecule has 0 atom stereocenters. The van der Waals surface area contributed by atoms with Crippen LogP contribution in [0.25, 0.3) is 0 Å². The van der Waals surface area contributed by atoms with Crippen molar-refractivity contribution >= 4 is 11.7 Å². The van der Waals surface area contributed by atoms with E-state index in [1.54, 1.807) is 12.1 Å². The summed E-state index contributed by atoms with van der Waals surface area (Å²) in [5.41, 5.74) is 2.81. The second-order valence-electron chi connectivity index (χ2n) is 4.67. The Balaban J connectivity index is 1.86. The number of fused-ring (bicyclic) bond motifs is 1. The molecule has 0 unspecified atom stereocenters. The molecule has 1 aromatic carbocycles. The fraction of sp³-hybridized carbons (Fsp3) is 0.267. The Morgan fingerprint density at radius 1 is 1.05 bits per heavy atom. The first-order valence-corrected chi connectivity index (χ1v) is 6.54. The number of anilines is 1. The van der Waals surface area contributed by atoms with Crippen LogP contribution in [0.15, 0.2) is 36.7 Å². The molecule has 1 aliphatic rings. The van der Waals surface area contributed by atoms with Crippen LogP contribution in [0.4, 0.5) is 5.82 Å². The third-order valence-electron chi connectivity index (χ3n) is 3.39. The van der Waals surface area contributed by atoms with E-state index in [0.717, 1.165) is 36.9 Å². The largest absolute Gasteiger partial charge is 0.306 e. The van der Waals surface area contributed by atoms with E-state index < -0.39 is 0 Å². The fourth-order valence-electron chi connectivity index (χ4n) is 2.40. The summed E-state index contributed by atoms with van der Waals surface area (Å²) in [6.07, 6.45) is 5.75. The van der Waals surface area contributed by atoms with Crippen molar-refractivity contribution in [1.82, 2.24) is 9.97 Å². The molecular formula is C15H15N3O. The number of nitrogens with zero attached hydrogens (tertiary/aromatic N) is 2. The maximum Gasteiger partial charge on any atom is 0.256 e. The molecule has 96 valence electrons. The van der Waals surface area contributed by atoms with Crippen molar-refractivity contribution in [1.29, 1.82) is 0 Å². The molecule has 0 radical (unpaired) electrons. The van der Waals surface area contributed by atoms with Gasteiger partial charge in [-0.05, 0) is 37.8 Å². The maximum atomic E-state index is 12.1. The number of carbonyl (C=O) groups excluding carboxylic acids is 1. The molecule has 3 rings (SSSR count). The summed E-state index contributed by atoms with van der Waals surface area (Å²) >= 11 is 0. The van der Waals surface area contributed by atoms with Crippen molar-refractivity contribution in [3.05, 3.63) is 53.5 Å². The van der Waals surface area contributed by atoms with Gasteiger partial charge in [-0.1, -0.05) is 18.2 Å². The molecule has 0 saturated heterocycles. The molecule has 0 bridgehead atoms. The van der Waals surface area contributed by atoms with Crippen molar-refractivity contribution in [2.24, 2.45) is 0 Å². The summed E-state index contributed by atoms with van der Waals surface area (Å²) in [7, 11) is 0. The predicted octanol–water partition coefficient (Wildman–Crippen LogP) is 2.61. The monoisotopic (exact) mass is 253 g/mol. The molecule has 2 aromatic rings. The van der Waals surface area contributed by atoms with Crippen molar-refractivity contribution in [2.75, 3.05) is 5.32 Å². The van der Waals surface area contributed by atoms with Gasteiger partial charge >= 0.3 is 0 Å². The van der Waals surface area contributed by atoms with Gasteiger partial charge in [-0.3, -0.25) is 4.79 Å². The van der Waals surface area contributed by atoms with Crippen LogP contribution in [0.2, 0.25) is 0 Å². The van der Waals surface area contributed by atoms with E-state index in [9.17, 15) is 4.79 Å². The fourth-order valence-corrected chi connectivity index (χ4v) is 2.40. The average Bonchev–Trinajstić information content (AvgIpc) is 2.48. The lowest BCUT2D eigenvalue weighted by atomic mass is 9.96. The molecule has 0 saturated carbocycles. The Hall–Kier alpha value is -2.23. The van der Waals surface area contributed by atoms with Gasteiger partial charge in [0, 0.05) is 16.8 Å². The molecule has 0 fully saturated rings. The summed E-state index contributed by atoms with van der Waals surface area (Å²) in [4.78, 5) is 20.6. The second kappa shape index (κ2) is 5.18. The first-order valence-electron chi connectivity index (χ1n) is 6.54. The minimum Gasteiger partial charge on any atom is -0.306 e. The number of hydrogen-bond donors (Lipinski definition) is 1. The number of amides is 1. The molecule has 4 heteroatoms. The van der Waals surface area contributed by atoms with Crippen molar-refractivity contribution in [3.63, 3.8) is 0 Å². The number of rotatable bonds is 2. The highest BCUT2D eigenvalue weighted by atomic mass is 16.1. The Kier molecular flexibility index (Phi) is 3.23. The van der Waals surface area contributed by atoms with E-state index in [1.165, 1.54) is 6.33 Å². The van der Waals surface area contributed by atoms with Gasteiger partial charge in [-0.25, -0.2) is 9.97 Å². The van der Waals surface area contributed by atoms with Gasteiger partial charge in [0.2, 0.25) is 0 Å². The standard InChI is InChI=1S/C15H15N3O/c19-15(11-6-2-1-3-7-11)18-14-12-8-4-5-9-13(12)16-10-17-14/h1-3,6-7,10H,4-5,8-9H2,(H,16,17,18,19). The zero-order valence-electron chi connectivity index (χ0n) is 10.6. The van der Waals surface area contributed by atoms with Crippen LogP contribution in [-0.2, 0) is 12.8 Å². The number of benzene rings is 1. The molecule has 1 aromatic heterocycles. The van der Waals surface area contributed by atoms with E-state index in [4.69, 9.17) is 0 Å². The van der Waals surface area contributed by atoms with Crippen LogP contribution in [-0.4, -0.2) is 15.9 Å². The van der Waals surface area contributed by atoms with Crippen LogP contribution >= 0.6 is 0 Å². The summed E-state index contributed by atoms with van der Waals surface area (Å²) < 4.78 is 0. The minimum absolute atomic E-state index is 0.118. The normalized spacial score (nSPS) is 13.7. The summed E-state index contributed by atoms with van der Waals surface area (Å²) in [6, 6.07) is 9.18. The predicted molar refractivity (Wildman–Crippen MR) is 73.1 cm³/mol. The van der Waals surface area contributed by atoms with Crippen LogP contribution in [0.1, 0.15) is 34.5 Å². The lowest BCUT2D eigenvalue weighted by Crippen LogP contribution is -2.17. The molecule has 0 spiro atoms. The third-order valence-corrected chi connectivity index (χ3v) is 3.39. The van der Waals surface area contributed by atoms with E-state index in [2.05, 4.69) is 15.3 Å². The van der Waals surface area contributed by atoms with Crippen LogP contribution < -0.4 is 5.32 Å². The van der Waals surface area contributed by atoms with Crippen LogP contribution in [0.3, 0.4) is 0 Å². The highest BCUT2D eigenvalue weighted by Crippen LogP contribution is 2.24. The first-order chi connectivity index (χ1) is 9.34. The average molecular weight is 253 g/mol. The third kappa shape index (κ3) is 2.47. The summed E-state index contributed by atoms with van der Waals surface area (Å²) in [5.74, 6) is 0.547. The Morgan fingerprint density at radius 3 is 2.68 bits per heavy atom. The highest BCUT2D eigenvalue weighted by Gasteiger charge is 2.17. The smallest absolute Gasteiger partial charge is 0.256 e. The van der Waals surface area contributed by atoms with Crippen molar-refractivity contribution < 1.29 is 4.79 Å². The topological polar surface area (TPSA) is 54.9 Å². The minimum atomic E-state index is -0.118. The van der Waals surface area contributed by atoms with Gasteiger partial charge in [0.25, 0.3) is 5.91 Å². The van der Waals surface area contributed by atoms with E-state index in [-0.39, 0.29) is 5.91 Å². The van der Waals surface area contributed by atoms with Gasteiger partial charge in [-0.15, -0.1) is 0 Å². The van der Waals surface area contributed by atoms with Crippen LogP contribution in [0, 0.1) is 0 Å². The molecule has 4 nitrogen and oxygen atoms in total. The summed E-state index contributed by atoms with van der Waals surface area (Å²) in [6.45, 7) is 0.